The molecule has 2 aromatic carbocycles. The van der Waals surface area contributed by atoms with Gasteiger partial charge in [-0.3, -0.25) is 9.78 Å². The lowest BCUT2D eigenvalue weighted by Gasteiger charge is -2.41. The van der Waals surface area contributed by atoms with Gasteiger partial charge in [-0.05, 0) is 99.5 Å². The van der Waals surface area contributed by atoms with Crippen molar-refractivity contribution in [2.24, 2.45) is 5.41 Å². The number of rotatable bonds is 11. The van der Waals surface area contributed by atoms with E-state index in [0.29, 0.717) is 34.7 Å². The zero-order valence-corrected chi connectivity index (χ0v) is 21.9. The number of fused-ring (bicyclic) bond motifs is 1. The van der Waals surface area contributed by atoms with Crippen LogP contribution in [0, 0.1) is 11.2 Å². The third-order valence-corrected chi connectivity index (χ3v) is 7.95. The second-order valence-electron chi connectivity index (χ2n) is 10.1. The Bertz CT molecular complexity index is 1210. The summed E-state index contributed by atoms with van der Waals surface area (Å²) in [6.45, 7) is 2.56. The smallest absolute Gasteiger partial charge is 0.303 e. The average Bonchev–Trinajstić information content (AvgIpc) is 2.89. The number of carboxylic acids is 1. The van der Waals surface area contributed by atoms with Crippen LogP contribution in [0.5, 0.6) is 5.75 Å². The number of ether oxygens (including phenoxy) is 1. The van der Waals surface area contributed by atoms with E-state index in [9.17, 15) is 19.4 Å². The highest BCUT2D eigenvalue weighted by molar-refractivity contribution is 6.32. The van der Waals surface area contributed by atoms with Gasteiger partial charge in [0.05, 0.1) is 30.2 Å². The van der Waals surface area contributed by atoms with E-state index in [1.54, 1.807) is 13.3 Å². The molecule has 4 rings (SSSR count). The Labute approximate surface area is 222 Å². The summed E-state index contributed by atoms with van der Waals surface area (Å²) in [7, 11) is 1.58. The molecule has 0 saturated carbocycles. The van der Waals surface area contributed by atoms with E-state index in [1.165, 1.54) is 12.1 Å². The van der Waals surface area contributed by atoms with Crippen LogP contribution in [0.2, 0.25) is 5.02 Å². The molecule has 2 heterocycles. The largest absolute Gasteiger partial charge is 0.497 e. The molecule has 0 spiro atoms. The molecule has 6 nitrogen and oxygen atoms in total. The number of piperidine rings is 1. The number of aryl methyl sites for hydroxylation is 1. The minimum atomic E-state index is -0.843. The number of likely N-dealkylation sites (tertiary alicyclic amines) is 1. The monoisotopic (exact) mass is 528 g/mol. The van der Waals surface area contributed by atoms with Gasteiger partial charge in [0.25, 0.3) is 0 Å². The van der Waals surface area contributed by atoms with Crippen molar-refractivity contribution in [1.29, 1.82) is 0 Å². The first-order chi connectivity index (χ1) is 17.8. The molecule has 3 aromatic rings. The van der Waals surface area contributed by atoms with Gasteiger partial charge in [-0.15, -0.1) is 0 Å². The summed E-state index contributed by atoms with van der Waals surface area (Å²) in [5, 5.41) is 22.0. The summed E-state index contributed by atoms with van der Waals surface area (Å²) < 4.78 is 18.5. The fraction of sp³-hybridized carbons (Fsp3) is 0.448. The highest BCUT2D eigenvalue weighted by Gasteiger charge is 2.37. The van der Waals surface area contributed by atoms with E-state index in [1.807, 2.05) is 30.3 Å². The van der Waals surface area contributed by atoms with Gasteiger partial charge in [-0.25, -0.2) is 4.39 Å². The number of aromatic nitrogens is 1. The Hall–Kier alpha value is -2.74. The summed E-state index contributed by atoms with van der Waals surface area (Å²) >= 11 is 6.47. The topological polar surface area (TPSA) is 82.9 Å². The van der Waals surface area contributed by atoms with Crippen LogP contribution < -0.4 is 4.74 Å². The summed E-state index contributed by atoms with van der Waals surface area (Å²) in [4.78, 5) is 18.5. The molecule has 0 unspecified atom stereocenters. The second kappa shape index (κ2) is 12.2. The molecule has 8 heteroatoms. The highest BCUT2D eigenvalue weighted by Crippen LogP contribution is 2.43. The van der Waals surface area contributed by atoms with E-state index in [-0.39, 0.29) is 17.7 Å². The van der Waals surface area contributed by atoms with Crippen molar-refractivity contribution in [2.45, 2.75) is 51.0 Å². The zero-order valence-electron chi connectivity index (χ0n) is 21.1. The fourth-order valence-electron chi connectivity index (χ4n) is 5.47. The number of hydrogen-bond acceptors (Lipinski definition) is 5. The number of nitrogens with zero attached hydrogens (tertiary/aromatic N) is 2. The number of halogens is 2. The molecule has 1 fully saturated rings. The standard InChI is InChI=1S/C29H34ClFN2O4/c1-37-22-8-9-25-23(17-22)28(24(30)19-32-25)26(34)10-11-29(18-27(35)36)12-15-33(16-13-29)14-2-3-20-4-6-21(31)7-5-20/h4-9,17,19,26,34H,2-3,10-16,18H2,1H3,(H,35,36)/t26-/m0/s1. The summed E-state index contributed by atoms with van der Waals surface area (Å²) in [6, 6.07) is 12.1. The molecule has 0 aliphatic carbocycles. The summed E-state index contributed by atoms with van der Waals surface area (Å²) in [5.74, 6) is -0.380. The van der Waals surface area contributed by atoms with Gasteiger partial charge in [0.2, 0.25) is 0 Å². The van der Waals surface area contributed by atoms with E-state index in [4.69, 9.17) is 16.3 Å². The first kappa shape index (κ1) is 27.3. The quantitative estimate of drug-likeness (QED) is 0.316. The molecule has 0 amide bonds. The summed E-state index contributed by atoms with van der Waals surface area (Å²) in [6.07, 6.45) is 5.17. The van der Waals surface area contributed by atoms with Crippen molar-refractivity contribution in [2.75, 3.05) is 26.7 Å². The van der Waals surface area contributed by atoms with E-state index >= 15 is 0 Å². The Kier molecular flexibility index (Phi) is 9.00. The molecule has 1 atom stereocenters. The normalized spacial score (nSPS) is 16.5. The third kappa shape index (κ3) is 6.98. The highest BCUT2D eigenvalue weighted by atomic mass is 35.5. The Morgan fingerprint density at radius 2 is 1.95 bits per heavy atom. The predicted molar refractivity (Wildman–Crippen MR) is 143 cm³/mol. The molecule has 1 saturated heterocycles. The number of carboxylic acid groups (broad SMARTS) is 1. The number of pyridine rings is 1. The van der Waals surface area contributed by atoms with Crippen LogP contribution in [0.25, 0.3) is 10.9 Å². The van der Waals surface area contributed by atoms with Crippen molar-refractivity contribution in [3.05, 3.63) is 70.6 Å². The number of benzene rings is 2. The lowest BCUT2D eigenvalue weighted by molar-refractivity contribution is -0.141. The Balaban J connectivity index is 1.38. The number of carbonyl (C=O) groups is 1. The molecule has 1 aliphatic rings. The molecule has 0 radical (unpaired) electrons. The third-order valence-electron chi connectivity index (χ3n) is 7.65. The molecule has 37 heavy (non-hydrogen) atoms. The predicted octanol–water partition coefficient (Wildman–Crippen LogP) is 6.04. The van der Waals surface area contributed by atoms with Gasteiger partial charge >= 0.3 is 5.97 Å². The van der Waals surface area contributed by atoms with Crippen LogP contribution >= 0.6 is 11.6 Å². The first-order valence-electron chi connectivity index (χ1n) is 12.8. The SMILES string of the molecule is COc1ccc2ncc(Cl)c([C@@H](O)CCC3(CC(=O)O)CCN(CCCc4ccc(F)cc4)CC3)c2c1. The molecule has 1 aromatic heterocycles. The van der Waals surface area contributed by atoms with E-state index in [2.05, 4.69) is 9.88 Å². The molecule has 2 N–H and O–H groups in total. The van der Waals surface area contributed by atoms with Gasteiger partial charge in [-0.1, -0.05) is 23.7 Å². The number of aliphatic hydroxyl groups excluding tert-OH is 1. The van der Waals surface area contributed by atoms with Crippen molar-refractivity contribution in [1.82, 2.24) is 9.88 Å². The lowest BCUT2D eigenvalue weighted by Crippen LogP contribution is -2.41. The van der Waals surface area contributed by atoms with Gasteiger partial charge in [0.1, 0.15) is 11.6 Å². The molecule has 0 bridgehead atoms. The minimum absolute atomic E-state index is 0.0851. The number of hydrogen-bond donors (Lipinski definition) is 2. The number of aliphatic carboxylic acids is 1. The lowest BCUT2D eigenvalue weighted by atomic mass is 9.71. The maximum Gasteiger partial charge on any atom is 0.303 e. The van der Waals surface area contributed by atoms with Crippen molar-refractivity contribution >= 4 is 28.5 Å². The van der Waals surface area contributed by atoms with Crippen LogP contribution in [0.3, 0.4) is 0 Å². The Morgan fingerprint density at radius 3 is 2.62 bits per heavy atom. The molecular weight excluding hydrogens is 495 g/mol. The maximum atomic E-state index is 13.1. The maximum absolute atomic E-state index is 13.1. The molecule has 198 valence electrons. The second-order valence-corrected chi connectivity index (χ2v) is 10.5. The number of aliphatic hydroxyl groups is 1. The van der Waals surface area contributed by atoms with Crippen LogP contribution in [-0.2, 0) is 11.2 Å². The average molecular weight is 529 g/mol. The zero-order chi connectivity index (χ0) is 26.4. The van der Waals surface area contributed by atoms with Gasteiger partial charge in [0.15, 0.2) is 0 Å². The van der Waals surface area contributed by atoms with Crippen molar-refractivity contribution < 1.29 is 24.1 Å². The fourth-order valence-corrected chi connectivity index (χ4v) is 5.74. The van der Waals surface area contributed by atoms with E-state index < -0.39 is 12.1 Å². The Morgan fingerprint density at radius 1 is 1.22 bits per heavy atom. The van der Waals surface area contributed by atoms with Crippen LogP contribution in [0.1, 0.15) is 55.8 Å². The van der Waals surface area contributed by atoms with Gasteiger partial charge in [-0.2, -0.15) is 0 Å². The van der Waals surface area contributed by atoms with Gasteiger partial charge < -0.3 is 19.8 Å². The van der Waals surface area contributed by atoms with Crippen LogP contribution in [-0.4, -0.2) is 52.8 Å². The first-order valence-corrected chi connectivity index (χ1v) is 13.2. The molecular formula is C29H34ClFN2O4. The van der Waals surface area contributed by atoms with Crippen LogP contribution in [0.4, 0.5) is 4.39 Å². The van der Waals surface area contributed by atoms with Crippen molar-refractivity contribution in [3.63, 3.8) is 0 Å². The minimum Gasteiger partial charge on any atom is -0.497 e. The molecule has 1 aliphatic heterocycles. The van der Waals surface area contributed by atoms with E-state index in [0.717, 1.165) is 56.3 Å². The van der Waals surface area contributed by atoms with Crippen molar-refractivity contribution in [3.8, 4) is 5.75 Å². The van der Waals surface area contributed by atoms with Gasteiger partial charge in [0, 0.05) is 17.1 Å². The number of methoxy groups -OCH3 is 1. The van der Waals surface area contributed by atoms with Crippen LogP contribution in [0.15, 0.2) is 48.7 Å². The summed E-state index contributed by atoms with van der Waals surface area (Å²) in [5.41, 5.74) is 2.07.